The summed E-state index contributed by atoms with van der Waals surface area (Å²) >= 11 is 0. The monoisotopic (exact) mass is 292 g/mol. The van der Waals surface area contributed by atoms with Gasteiger partial charge < -0.3 is 15.4 Å². The molecule has 0 aliphatic carbocycles. The third-order valence-corrected chi connectivity index (χ3v) is 2.95. The summed E-state index contributed by atoms with van der Waals surface area (Å²) in [5, 5.41) is 6.21. The molecule has 0 aliphatic heterocycles. The molecule has 1 aromatic rings. The van der Waals surface area contributed by atoms with Crippen LogP contribution in [-0.4, -0.2) is 30.1 Å². The first-order chi connectivity index (χ1) is 9.67. The molecular weight excluding hydrogens is 264 g/mol. The van der Waals surface area contributed by atoms with E-state index in [9.17, 15) is 4.79 Å². The van der Waals surface area contributed by atoms with Crippen LogP contribution in [0.1, 0.15) is 40.2 Å². The van der Waals surface area contributed by atoms with Crippen molar-refractivity contribution in [2.45, 2.75) is 59.2 Å². The third-order valence-electron chi connectivity index (χ3n) is 2.95. The van der Waals surface area contributed by atoms with E-state index in [-0.39, 0.29) is 23.5 Å². The molecule has 0 aliphatic rings. The minimum absolute atomic E-state index is 0.00434. The standard InChI is InChI=1S/C17H28N2O2/c1-12-7-9-15(10-8-12)21-11-13(2)18-14(3)16(20)19-17(4,5)6/h7-10,13-14,18H,11H2,1-6H3,(H,19,20). The van der Waals surface area contributed by atoms with Gasteiger partial charge in [-0.2, -0.15) is 0 Å². The highest BCUT2D eigenvalue weighted by atomic mass is 16.5. The van der Waals surface area contributed by atoms with Crippen LogP contribution in [0.4, 0.5) is 0 Å². The fraction of sp³-hybridized carbons (Fsp3) is 0.588. The van der Waals surface area contributed by atoms with Gasteiger partial charge in [0.15, 0.2) is 0 Å². The molecule has 0 spiro atoms. The zero-order valence-electron chi connectivity index (χ0n) is 14.0. The number of ether oxygens (including phenoxy) is 1. The van der Waals surface area contributed by atoms with Gasteiger partial charge >= 0.3 is 0 Å². The molecule has 2 unspecified atom stereocenters. The summed E-state index contributed by atoms with van der Waals surface area (Å²) in [4.78, 5) is 12.0. The Morgan fingerprint density at radius 2 is 1.76 bits per heavy atom. The van der Waals surface area contributed by atoms with Crippen molar-refractivity contribution < 1.29 is 9.53 Å². The van der Waals surface area contributed by atoms with Crippen molar-refractivity contribution in [2.75, 3.05) is 6.61 Å². The SMILES string of the molecule is Cc1ccc(OCC(C)NC(C)C(=O)NC(C)(C)C)cc1. The van der Waals surface area contributed by atoms with E-state index in [1.165, 1.54) is 5.56 Å². The van der Waals surface area contributed by atoms with Crippen LogP contribution in [0.25, 0.3) is 0 Å². The molecule has 0 aromatic heterocycles. The normalized spacial score (nSPS) is 14.4. The maximum Gasteiger partial charge on any atom is 0.237 e. The van der Waals surface area contributed by atoms with Crippen molar-refractivity contribution in [2.24, 2.45) is 0 Å². The lowest BCUT2D eigenvalue weighted by atomic mass is 10.1. The summed E-state index contributed by atoms with van der Waals surface area (Å²) < 4.78 is 5.71. The van der Waals surface area contributed by atoms with Crippen LogP contribution in [0.5, 0.6) is 5.75 Å². The largest absolute Gasteiger partial charge is 0.492 e. The summed E-state index contributed by atoms with van der Waals surface area (Å²) in [5.74, 6) is 0.853. The van der Waals surface area contributed by atoms with Crippen LogP contribution in [0.15, 0.2) is 24.3 Å². The molecule has 118 valence electrons. The number of carbonyl (C=O) groups excluding carboxylic acids is 1. The van der Waals surface area contributed by atoms with Crippen molar-refractivity contribution in [3.05, 3.63) is 29.8 Å². The Morgan fingerprint density at radius 1 is 1.19 bits per heavy atom. The van der Waals surface area contributed by atoms with Crippen LogP contribution in [0, 0.1) is 6.92 Å². The van der Waals surface area contributed by atoms with Gasteiger partial charge in [-0.1, -0.05) is 17.7 Å². The lowest BCUT2D eigenvalue weighted by molar-refractivity contribution is -0.124. The van der Waals surface area contributed by atoms with Gasteiger partial charge in [-0.05, 0) is 53.7 Å². The molecule has 21 heavy (non-hydrogen) atoms. The van der Waals surface area contributed by atoms with Gasteiger partial charge in [0, 0.05) is 11.6 Å². The second kappa shape index (κ2) is 7.46. The zero-order chi connectivity index (χ0) is 16.0. The predicted molar refractivity (Wildman–Crippen MR) is 86.6 cm³/mol. The minimum Gasteiger partial charge on any atom is -0.492 e. The number of benzene rings is 1. The molecule has 0 heterocycles. The number of nitrogens with one attached hydrogen (secondary N) is 2. The van der Waals surface area contributed by atoms with Crippen molar-refractivity contribution in [3.8, 4) is 5.75 Å². The Bertz CT molecular complexity index is 449. The van der Waals surface area contributed by atoms with Gasteiger partial charge in [-0.25, -0.2) is 0 Å². The topological polar surface area (TPSA) is 50.4 Å². The van der Waals surface area contributed by atoms with E-state index < -0.39 is 0 Å². The van der Waals surface area contributed by atoms with E-state index >= 15 is 0 Å². The molecule has 0 saturated carbocycles. The molecule has 4 heteroatoms. The van der Waals surface area contributed by atoms with E-state index in [2.05, 4.69) is 10.6 Å². The van der Waals surface area contributed by atoms with Gasteiger partial charge in [0.2, 0.25) is 5.91 Å². The molecule has 1 rings (SSSR count). The van der Waals surface area contributed by atoms with E-state index in [4.69, 9.17) is 4.74 Å². The summed E-state index contributed by atoms with van der Waals surface area (Å²) in [6, 6.07) is 7.79. The molecule has 2 N–H and O–H groups in total. The highest BCUT2D eigenvalue weighted by Crippen LogP contribution is 2.11. The Morgan fingerprint density at radius 3 is 2.29 bits per heavy atom. The molecule has 4 nitrogen and oxygen atoms in total. The highest BCUT2D eigenvalue weighted by Gasteiger charge is 2.20. The third kappa shape index (κ3) is 7.14. The number of amides is 1. The van der Waals surface area contributed by atoms with Crippen LogP contribution >= 0.6 is 0 Å². The average Bonchev–Trinajstić information content (AvgIpc) is 2.36. The summed E-state index contributed by atoms with van der Waals surface area (Å²) in [5.41, 5.74) is 0.996. The maximum absolute atomic E-state index is 12.0. The van der Waals surface area contributed by atoms with Gasteiger partial charge in [-0.3, -0.25) is 4.79 Å². The van der Waals surface area contributed by atoms with Crippen LogP contribution in [0.3, 0.4) is 0 Å². The van der Waals surface area contributed by atoms with E-state index in [0.29, 0.717) is 6.61 Å². The first kappa shape index (κ1) is 17.5. The molecule has 1 amide bonds. The lowest BCUT2D eigenvalue weighted by Crippen LogP contribution is -2.52. The van der Waals surface area contributed by atoms with Gasteiger partial charge in [0.25, 0.3) is 0 Å². The van der Waals surface area contributed by atoms with E-state index in [1.807, 2.05) is 65.8 Å². The quantitative estimate of drug-likeness (QED) is 0.847. The van der Waals surface area contributed by atoms with Crippen molar-refractivity contribution in [1.29, 1.82) is 0 Å². The first-order valence-corrected chi connectivity index (χ1v) is 7.45. The highest BCUT2D eigenvalue weighted by molar-refractivity contribution is 5.81. The zero-order valence-corrected chi connectivity index (χ0v) is 14.0. The van der Waals surface area contributed by atoms with E-state index in [1.54, 1.807) is 0 Å². The van der Waals surface area contributed by atoms with Crippen LogP contribution < -0.4 is 15.4 Å². The number of rotatable bonds is 6. The summed E-state index contributed by atoms with van der Waals surface area (Å²) in [6.07, 6.45) is 0. The summed E-state index contributed by atoms with van der Waals surface area (Å²) in [6.45, 7) is 12.4. The second-order valence-corrected chi connectivity index (χ2v) is 6.65. The van der Waals surface area contributed by atoms with Gasteiger partial charge in [0.05, 0.1) is 6.04 Å². The Labute approximate surface area is 128 Å². The number of carbonyl (C=O) groups is 1. The Kier molecular flexibility index (Phi) is 6.21. The molecule has 0 saturated heterocycles. The maximum atomic E-state index is 12.0. The van der Waals surface area contributed by atoms with Crippen LogP contribution in [0.2, 0.25) is 0 Å². The minimum atomic E-state index is -0.249. The number of hydrogen-bond donors (Lipinski definition) is 2. The molecule has 2 atom stereocenters. The Balaban J connectivity index is 2.37. The van der Waals surface area contributed by atoms with Crippen molar-refractivity contribution in [3.63, 3.8) is 0 Å². The van der Waals surface area contributed by atoms with E-state index in [0.717, 1.165) is 5.75 Å². The van der Waals surface area contributed by atoms with Gasteiger partial charge in [-0.15, -0.1) is 0 Å². The van der Waals surface area contributed by atoms with Crippen LogP contribution in [-0.2, 0) is 4.79 Å². The molecule has 0 bridgehead atoms. The molecule has 1 aromatic carbocycles. The number of aryl methyl sites for hydroxylation is 1. The molecule has 0 radical (unpaired) electrons. The smallest absolute Gasteiger partial charge is 0.237 e. The Hall–Kier alpha value is -1.55. The second-order valence-electron chi connectivity index (χ2n) is 6.65. The fourth-order valence-electron chi connectivity index (χ4n) is 1.88. The van der Waals surface area contributed by atoms with Crippen molar-refractivity contribution in [1.82, 2.24) is 10.6 Å². The molecular formula is C17H28N2O2. The summed E-state index contributed by atoms with van der Waals surface area (Å²) in [7, 11) is 0. The predicted octanol–water partition coefficient (Wildman–Crippen LogP) is 2.66. The van der Waals surface area contributed by atoms with Gasteiger partial charge in [0.1, 0.15) is 12.4 Å². The first-order valence-electron chi connectivity index (χ1n) is 7.45. The van der Waals surface area contributed by atoms with Crippen molar-refractivity contribution >= 4 is 5.91 Å². The molecule has 0 fully saturated rings. The average molecular weight is 292 g/mol. The number of hydrogen-bond acceptors (Lipinski definition) is 3. The fourth-order valence-corrected chi connectivity index (χ4v) is 1.88. The lowest BCUT2D eigenvalue weighted by Gasteiger charge is -2.25.